The Bertz CT molecular complexity index is 388. The van der Waals surface area contributed by atoms with Crippen LogP contribution in [0.2, 0.25) is 0 Å². The predicted octanol–water partition coefficient (Wildman–Crippen LogP) is 3.79. The summed E-state index contributed by atoms with van der Waals surface area (Å²) in [6.07, 6.45) is 1.79. The summed E-state index contributed by atoms with van der Waals surface area (Å²) in [7, 11) is 0. The normalized spacial score (nSPS) is 11.3. The SMILES string of the molecule is CCOC(=O)/C(I)=C/c1cccc(Br)c1. The molecule has 0 atom stereocenters. The minimum Gasteiger partial charge on any atom is -0.462 e. The Morgan fingerprint density at radius 2 is 2.33 bits per heavy atom. The number of carbonyl (C=O) groups excluding carboxylic acids is 1. The van der Waals surface area contributed by atoms with Crippen molar-refractivity contribution in [2.45, 2.75) is 6.92 Å². The van der Waals surface area contributed by atoms with Crippen LogP contribution >= 0.6 is 38.5 Å². The van der Waals surface area contributed by atoms with Gasteiger partial charge in [0.2, 0.25) is 0 Å². The number of esters is 1. The van der Waals surface area contributed by atoms with E-state index in [0.29, 0.717) is 10.2 Å². The van der Waals surface area contributed by atoms with Crippen molar-refractivity contribution < 1.29 is 9.53 Å². The summed E-state index contributed by atoms with van der Waals surface area (Å²) >= 11 is 5.35. The Hall–Kier alpha value is -0.360. The highest BCUT2D eigenvalue weighted by Crippen LogP contribution is 2.17. The number of benzene rings is 1. The monoisotopic (exact) mass is 380 g/mol. The van der Waals surface area contributed by atoms with E-state index in [9.17, 15) is 4.79 Å². The van der Waals surface area contributed by atoms with E-state index in [1.807, 2.05) is 46.9 Å². The Morgan fingerprint density at radius 3 is 2.93 bits per heavy atom. The molecular weight excluding hydrogens is 371 g/mol. The van der Waals surface area contributed by atoms with E-state index in [-0.39, 0.29) is 5.97 Å². The van der Waals surface area contributed by atoms with Gasteiger partial charge in [0, 0.05) is 4.47 Å². The van der Waals surface area contributed by atoms with Gasteiger partial charge in [-0.3, -0.25) is 0 Å². The molecule has 0 bridgehead atoms. The summed E-state index contributed by atoms with van der Waals surface area (Å²) in [6, 6.07) is 7.74. The Labute approximate surface area is 111 Å². The fourth-order valence-electron chi connectivity index (χ4n) is 1.00. The van der Waals surface area contributed by atoms with Gasteiger partial charge in [-0.1, -0.05) is 28.1 Å². The summed E-state index contributed by atoms with van der Waals surface area (Å²) < 4.78 is 6.45. The fraction of sp³-hybridized carbons (Fsp3) is 0.182. The van der Waals surface area contributed by atoms with Crippen LogP contribution in [0.3, 0.4) is 0 Å². The number of rotatable bonds is 3. The Morgan fingerprint density at radius 1 is 1.60 bits per heavy atom. The Kier molecular flexibility index (Phi) is 5.31. The summed E-state index contributed by atoms with van der Waals surface area (Å²) in [5.74, 6) is -0.280. The highest BCUT2D eigenvalue weighted by molar-refractivity contribution is 14.1. The van der Waals surface area contributed by atoms with E-state index in [4.69, 9.17) is 4.74 Å². The lowest BCUT2D eigenvalue weighted by Gasteiger charge is -2.00. The van der Waals surface area contributed by atoms with Gasteiger partial charge < -0.3 is 4.74 Å². The van der Waals surface area contributed by atoms with Crippen molar-refractivity contribution in [2.24, 2.45) is 0 Å². The summed E-state index contributed by atoms with van der Waals surface area (Å²) in [5.41, 5.74) is 0.974. The number of hydrogen-bond donors (Lipinski definition) is 0. The minimum absolute atomic E-state index is 0.280. The van der Waals surface area contributed by atoms with E-state index in [2.05, 4.69) is 15.9 Å². The molecule has 0 amide bonds. The van der Waals surface area contributed by atoms with Crippen LogP contribution < -0.4 is 0 Å². The van der Waals surface area contributed by atoms with Crippen LogP contribution in [0.5, 0.6) is 0 Å². The zero-order valence-corrected chi connectivity index (χ0v) is 11.9. The lowest BCUT2D eigenvalue weighted by Crippen LogP contribution is -2.02. The van der Waals surface area contributed by atoms with Crippen molar-refractivity contribution in [1.82, 2.24) is 0 Å². The fourth-order valence-corrected chi connectivity index (χ4v) is 1.93. The van der Waals surface area contributed by atoms with Gasteiger partial charge in [-0.15, -0.1) is 0 Å². The zero-order valence-electron chi connectivity index (χ0n) is 8.17. The molecule has 80 valence electrons. The molecule has 1 aromatic rings. The van der Waals surface area contributed by atoms with E-state index in [1.54, 1.807) is 13.0 Å². The van der Waals surface area contributed by atoms with Gasteiger partial charge in [0.25, 0.3) is 0 Å². The maximum absolute atomic E-state index is 11.3. The van der Waals surface area contributed by atoms with Gasteiger partial charge in [-0.05, 0) is 53.3 Å². The summed E-state index contributed by atoms with van der Waals surface area (Å²) in [6.45, 7) is 2.19. The molecule has 1 rings (SSSR count). The lowest BCUT2D eigenvalue weighted by atomic mass is 10.2. The van der Waals surface area contributed by atoms with Gasteiger partial charge in [-0.2, -0.15) is 0 Å². The molecule has 0 radical (unpaired) electrons. The predicted molar refractivity (Wildman–Crippen MR) is 72.8 cm³/mol. The molecule has 0 spiro atoms. The second-order valence-corrected chi connectivity index (χ2v) is 4.85. The largest absolute Gasteiger partial charge is 0.462 e. The highest BCUT2D eigenvalue weighted by atomic mass is 127. The first-order chi connectivity index (χ1) is 7.13. The van der Waals surface area contributed by atoms with E-state index in [1.165, 1.54) is 0 Å². The molecule has 0 saturated heterocycles. The minimum atomic E-state index is -0.280. The molecule has 0 fully saturated rings. The summed E-state index contributed by atoms with van der Waals surface area (Å²) in [4.78, 5) is 11.3. The van der Waals surface area contributed by atoms with Crippen molar-refractivity contribution in [3.05, 3.63) is 37.9 Å². The molecule has 1 aromatic carbocycles. The first kappa shape index (κ1) is 12.7. The highest BCUT2D eigenvalue weighted by Gasteiger charge is 2.05. The van der Waals surface area contributed by atoms with Crippen LogP contribution in [0.15, 0.2) is 32.3 Å². The standard InChI is InChI=1S/C11H10BrIO2/c1-2-15-11(14)10(13)7-8-4-3-5-9(12)6-8/h3-7H,2H2,1H3/b10-7-. The number of carbonyl (C=O) groups is 1. The van der Waals surface area contributed by atoms with E-state index < -0.39 is 0 Å². The van der Waals surface area contributed by atoms with Gasteiger partial charge in [-0.25, -0.2) is 4.79 Å². The molecule has 2 nitrogen and oxygen atoms in total. The quantitative estimate of drug-likeness (QED) is 0.453. The van der Waals surface area contributed by atoms with Crippen LogP contribution in [-0.2, 0) is 9.53 Å². The molecule has 0 aliphatic heterocycles. The topological polar surface area (TPSA) is 26.3 Å². The van der Waals surface area contributed by atoms with Crippen molar-refractivity contribution >= 4 is 50.6 Å². The second-order valence-electron chi connectivity index (χ2n) is 2.77. The number of hydrogen-bond acceptors (Lipinski definition) is 2. The van der Waals surface area contributed by atoms with Crippen LogP contribution in [0.4, 0.5) is 0 Å². The second kappa shape index (κ2) is 6.27. The van der Waals surface area contributed by atoms with Crippen molar-refractivity contribution in [1.29, 1.82) is 0 Å². The molecule has 0 aromatic heterocycles. The average molecular weight is 381 g/mol. The number of ether oxygens (including phenoxy) is 1. The molecule has 0 N–H and O–H groups in total. The van der Waals surface area contributed by atoms with Gasteiger partial charge in [0.05, 0.1) is 10.2 Å². The molecule has 0 heterocycles. The van der Waals surface area contributed by atoms with Gasteiger partial charge in [0.15, 0.2) is 0 Å². The third-order valence-electron chi connectivity index (χ3n) is 1.61. The first-order valence-electron chi connectivity index (χ1n) is 4.43. The third kappa shape index (κ3) is 4.34. The lowest BCUT2D eigenvalue weighted by molar-refractivity contribution is -0.137. The molecular formula is C11H10BrIO2. The van der Waals surface area contributed by atoms with Gasteiger partial charge >= 0.3 is 5.97 Å². The van der Waals surface area contributed by atoms with Crippen LogP contribution in [0, 0.1) is 0 Å². The van der Waals surface area contributed by atoms with Gasteiger partial charge in [0.1, 0.15) is 0 Å². The van der Waals surface area contributed by atoms with Crippen molar-refractivity contribution in [3.63, 3.8) is 0 Å². The van der Waals surface area contributed by atoms with Crippen LogP contribution in [-0.4, -0.2) is 12.6 Å². The van der Waals surface area contributed by atoms with E-state index in [0.717, 1.165) is 10.0 Å². The molecule has 4 heteroatoms. The van der Waals surface area contributed by atoms with Crippen molar-refractivity contribution in [2.75, 3.05) is 6.61 Å². The first-order valence-corrected chi connectivity index (χ1v) is 6.30. The molecule has 0 aliphatic rings. The zero-order chi connectivity index (χ0) is 11.3. The van der Waals surface area contributed by atoms with Crippen LogP contribution in [0.1, 0.15) is 12.5 Å². The molecule has 0 aliphatic carbocycles. The summed E-state index contributed by atoms with van der Waals surface area (Å²) in [5, 5.41) is 0. The van der Waals surface area contributed by atoms with E-state index >= 15 is 0 Å². The molecule has 0 saturated carbocycles. The number of halogens is 2. The molecule has 0 unspecified atom stereocenters. The third-order valence-corrected chi connectivity index (χ3v) is 2.86. The Balaban J connectivity index is 2.82. The molecule has 15 heavy (non-hydrogen) atoms. The average Bonchev–Trinajstić information content (AvgIpc) is 2.18. The maximum atomic E-state index is 11.3. The van der Waals surface area contributed by atoms with Crippen molar-refractivity contribution in [3.8, 4) is 0 Å². The smallest absolute Gasteiger partial charge is 0.344 e. The maximum Gasteiger partial charge on any atom is 0.344 e. The van der Waals surface area contributed by atoms with Crippen LogP contribution in [0.25, 0.3) is 6.08 Å².